The summed E-state index contributed by atoms with van der Waals surface area (Å²) in [6, 6.07) is 1.23. The van der Waals surface area contributed by atoms with Crippen LogP contribution >= 0.6 is 22.9 Å². The Kier molecular flexibility index (Phi) is 5.33. The third kappa shape index (κ3) is 3.86. The molecule has 0 aromatic carbocycles. The van der Waals surface area contributed by atoms with E-state index in [-0.39, 0.29) is 25.0 Å². The monoisotopic (exact) mass is 493 g/mol. The van der Waals surface area contributed by atoms with Crippen molar-refractivity contribution in [2.75, 3.05) is 0 Å². The lowest BCUT2D eigenvalue weighted by atomic mass is 10.1. The molecule has 168 valence electrons. The number of carbonyl (C=O) groups excluding carboxylic acids is 1. The maximum atomic E-state index is 13.8. The number of rotatable bonds is 4. The number of aryl methyl sites for hydroxylation is 1. The van der Waals surface area contributed by atoms with Crippen LogP contribution in [0.4, 0.5) is 35.1 Å². The Morgan fingerprint density at radius 3 is 2.26 bits per heavy atom. The van der Waals surface area contributed by atoms with E-state index in [1.165, 1.54) is 6.07 Å². The molecule has 0 saturated heterocycles. The summed E-state index contributed by atoms with van der Waals surface area (Å²) < 4.78 is 107. The standard InChI is InChI=1S/C15H8ClF8N5OS/c1-28-12(8(14(19,20)21)9(27-28)13(17,18)15(22,23)24)29-4-5(3-26-29)7-2-6(11(25)30)10(16)31-7/h2-4H,1H3,(H2,25,30). The average molecular weight is 494 g/mol. The Morgan fingerprint density at radius 2 is 1.77 bits per heavy atom. The lowest BCUT2D eigenvalue weighted by molar-refractivity contribution is -0.292. The molecule has 0 bridgehead atoms. The van der Waals surface area contributed by atoms with Crippen LogP contribution in [0, 0.1) is 0 Å². The van der Waals surface area contributed by atoms with Crippen molar-refractivity contribution in [2.24, 2.45) is 12.8 Å². The molecule has 3 aromatic heterocycles. The topological polar surface area (TPSA) is 78.7 Å². The van der Waals surface area contributed by atoms with Crippen LogP contribution in [0.15, 0.2) is 18.5 Å². The predicted molar refractivity (Wildman–Crippen MR) is 92.1 cm³/mol. The molecule has 0 radical (unpaired) electrons. The molecule has 0 aliphatic rings. The van der Waals surface area contributed by atoms with Gasteiger partial charge in [-0.05, 0) is 6.07 Å². The zero-order chi connectivity index (χ0) is 23.5. The van der Waals surface area contributed by atoms with E-state index in [1.807, 2.05) is 0 Å². The summed E-state index contributed by atoms with van der Waals surface area (Å²) >= 11 is 6.69. The van der Waals surface area contributed by atoms with Gasteiger partial charge in [-0.25, -0.2) is 9.36 Å². The molecule has 6 nitrogen and oxygen atoms in total. The van der Waals surface area contributed by atoms with Gasteiger partial charge in [0.1, 0.15) is 9.90 Å². The van der Waals surface area contributed by atoms with Crippen molar-refractivity contribution in [1.29, 1.82) is 0 Å². The molecule has 2 N–H and O–H groups in total. The summed E-state index contributed by atoms with van der Waals surface area (Å²) in [6.45, 7) is 0. The van der Waals surface area contributed by atoms with Gasteiger partial charge in [-0.3, -0.25) is 4.79 Å². The average Bonchev–Trinajstić information content (AvgIpc) is 3.29. The Morgan fingerprint density at radius 1 is 1.16 bits per heavy atom. The second kappa shape index (κ2) is 7.19. The minimum atomic E-state index is -6.31. The number of hydrogen-bond donors (Lipinski definition) is 1. The molecule has 0 aliphatic carbocycles. The summed E-state index contributed by atoms with van der Waals surface area (Å²) in [5.74, 6) is -7.91. The summed E-state index contributed by atoms with van der Waals surface area (Å²) in [7, 11) is 0.759. The summed E-state index contributed by atoms with van der Waals surface area (Å²) in [5, 5.41) is 6.42. The third-order valence-corrected chi connectivity index (χ3v) is 5.40. The first kappa shape index (κ1) is 23.0. The third-order valence-electron chi connectivity index (χ3n) is 3.99. The Hall–Kier alpha value is -2.68. The molecule has 0 unspecified atom stereocenters. The van der Waals surface area contributed by atoms with Gasteiger partial charge in [0.05, 0.1) is 11.8 Å². The van der Waals surface area contributed by atoms with Gasteiger partial charge < -0.3 is 5.73 Å². The van der Waals surface area contributed by atoms with Crippen molar-refractivity contribution in [3.63, 3.8) is 0 Å². The fourth-order valence-electron chi connectivity index (χ4n) is 2.64. The molecule has 0 aliphatic heterocycles. The molecule has 0 fully saturated rings. The van der Waals surface area contributed by atoms with Crippen molar-refractivity contribution in [3.05, 3.63) is 39.6 Å². The van der Waals surface area contributed by atoms with E-state index in [0.717, 1.165) is 30.8 Å². The van der Waals surface area contributed by atoms with E-state index in [9.17, 15) is 39.9 Å². The Bertz CT molecular complexity index is 1160. The van der Waals surface area contributed by atoms with Crippen LogP contribution in [0.2, 0.25) is 4.34 Å². The molecule has 1 amide bonds. The highest BCUT2D eigenvalue weighted by Crippen LogP contribution is 2.49. The molecule has 31 heavy (non-hydrogen) atoms. The van der Waals surface area contributed by atoms with Gasteiger partial charge in [-0.15, -0.1) is 11.3 Å². The number of thiophene rings is 1. The number of amides is 1. The number of aromatic nitrogens is 4. The van der Waals surface area contributed by atoms with E-state index in [4.69, 9.17) is 17.3 Å². The maximum Gasteiger partial charge on any atom is 0.459 e. The number of alkyl halides is 8. The largest absolute Gasteiger partial charge is 0.459 e. The van der Waals surface area contributed by atoms with Crippen LogP contribution < -0.4 is 5.73 Å². The number of nitrogens with zero attached hydrogens (tertiary/aromatic N) is 4. The number of halogens is 9. The van der Waals surface area contributed by atoms with Gasteiger partial charge in [0, 0.05) is 23.7 Å². The molecular weight excluding hydrogens is 486 g/mol. The van der Waals surface area contributed by atoms with E-state index >= 15 is 0 Å². The first-order chi connectivity index (χ1) is 14.1. The lowest BCUT2D eigenvalue weighted by Crippen LogP contribution is -2.36. The fraction of sp³-hybridized carbons (Fsp3) is 0.267. The predicted octanol–water partition coefficient (Wildman–Crippen LogP) is 4.76. The second-order valence-electron chi connectivity index (χ2n) is 6.08. The molecule has 0 saturated carbocycles. The van der Waals surface area contributed by atoms with Gasteiger partial charge >= 0.3 is 18.3 Å². The first-order valence-electron chi connectivity index (χ1n) is 7.79. The van der Waals surface area contributed by atoms with Gasteiger partial charge in [0.2, 0.25) is 0 Å². The molecule has 3 aromatic rings. The van der Waals surface area contributed by atoms with Crippen molar-refractivity contribution in [2.45, 2.75) is 18.3 Å². The zero-order valence-corrected chi connectivity index (χ0v) is 16.4. The molecule has 3 rings (SSSR count). The van der Waals surface area contributed by atoms with E-state index in [2.05, 4.69) is 10.2 Å². The highest BCUT2D eigenvalue weighted by Gasteiger charge is 2.64. The van der Waals surface area contributed by atoms with Crippen LogP contribution in [0.3, 0.4) is 0 Å². The minimum absolute atomic E-state index is 0.0149. The number of carbonyl (C=O) groups is 1. The fourth-order valence-corrected chi connectivity index (χ4v) is 3.90. The second-order valence-corrected chi connectivity index (χ2v) is 7.73. The van der Waals surface area contributed by atoms with Gasteiger partial charge in [-0.1, -0.05) is 11.6 Å². The lowest BCUT2D eigenvalue weighted by Gasteiger charge is -2.19. The van der Waals surface area contributed by atoms with Crippen molar-refractivity contribution in [3.8, 4) is 16.3 Å². The summed E-state index contributed by atoms with van der Waals surface area (Å²) in [4.78, 5) is 11.5. The zero-order valence-electron chi connectivity index (χ0n) is 14.8. The van der Waals surface area contributed by atoms with Crippen LogP contribution in [0.1, 0.15) is 21.6 Å². The van der Waals surface area contributed by atoms with Crippen LogP contribution in [0.5, 0.6) is 0 Å². The SMILES string of the molecule is Cn1nc(C(F)(F)C(F)(F)F)c(C(F)(F)F)c1-n1cc(-c2cc(C(N)=O)c(Cl)s2)cn1. The maximum absolute atomic E-state index is 13.8. The van der Waals surface area contributed by atoms with Crippen molar-refractivity contribution in [1.82, 2.24) is 19.6 Å². The van der Waals surface area contributed by atoms with Crippen molar-refractivity contribution < 1.29 is 39.9 Å². The minimum Gasteiger partial charge on any atom is -0.366 e. The van der Waals surface area contributed by atoms with Gasteiger partial charge in [-0.2, -0.15) is 45.3 Å². The van der Waals surface area contributed by atoms with E-state index in [1.54, 1.807) is 0 Å². The summed E-state index contributed by atoms with van der Waals surface area (Å²) in [5.41, 5.74) is 0.356. The Labute approximate surface area is 175 Å². The molecular formula is C15H8ClF8N5OS. The highest BCUT2D eigenvalue weighted by atomic mass is 35.5. The van der Waals surface area contributed by atoms with E-state index in [0.29, 0.717) is 4.68 Å². The number of hydrogen-bond acceptors (Lipinski definition) is 4. The normalized spacial score (nSPS) is 13.1. The first-order valence-corrected chi connectivity index (χ1v) is 8.99. The summed E-state index contributed by atoms with van der Waals surface area (Å²) in [6.07, 6.45) is -10.0. The van der Waals surface area contributed by atoms with Crippen LogP contribution in [-0.2, 0) is 19.1 Å². The van der Waals surface area contributed by atoms with Crippen LogP contribution in [-0.4, -0.2) is 31.6 Å². The van der Waals surface area contributed by atoms with E-state index < -0.39 is 41.3 Å². The quantitative estimate of drug-likeness (QED) is 0.532. The molecule has 0 atom stereocenters. The van der Waals surface area contributed by atoms with Crippen molar-refractivity contribution >= 4 is 28.8 Å². The van der Waals surface area contributed by atoms with Gasteiger partial charge in [0.15, 0.2) is 11.5 Å². The number of primary amides is 1. The Balaban J connectivity index is 2.19. The molecule has 3 heterocycles. The highest BCUT2D eigenvalue weighted by molar-refractivity contribution is 7.19. The molecule has 0 spiro atoms. The van der Waals surface area contributed by atoms with Crippen LogP contribution in [0.25, 0.3) is 16.3 Å². The number of nitrogens with two attached hydrogens (primary N) is 1. The molecule has 16 heteroatoms. The smallest absolute Gasteiger partial charge is 0.366 e. The van der Waals surface area contributed by atoms with Gasteiger partial charge in [0.25, 0.3) is 5.91 Å².